The molecule has 12 aromatic rings. The Morgan fingerprint density at radius 3 is 1.92 bits per heavy atom. The first kappa shape index (κ1) is 25.7. The number of aromatic nitrogens is 4. The molecule has 0 spiro atoms. The zero-order valence-corrected chi connectivity index (χ0v) is 26.9. The van der Waals surface area contributed by atoms with Crippen molar-refractivity contribution in [3.63, 3.8) is 0 Å². The van der Waals surface area contributed by atoms with Crippen LogP contribution in [0.4, 0.5) is 0 Å². The molecule has 5 heterocycles. The predicted molar refractivity (Wildman–Crippen MR) is 207 cm³/mol. The highest BCUT2D eigenvalue weighted by Gasteiger charge is 2.24. The maximum atomic E-state index is 5.52. The van der Waals surface area contributed by atoms with Gasteiger partial charge in [0.15, 0.2) is 0 Å². The van der Waals surface area contributed by atoms with Crippen molar-refractivity contribution >= 4 is 102 Å². The molecule has 0 radical (unpaired) electrons. The standard InChI is InChI=1S/C44H24N4S/c1-5-18-33-31(14-1)41(32-17-9-16-30-27-13-4-8-22-38(27)49-43(30)32)46-44(45-33)48-36-21-10-15-28-25-11-2-6-19-34(25)47-35-20-7-3-12-26(35)29-23-24-37(48)40(39(28)36)42(29)47/h1-24H. The molecule has 0 aliphatic carbocycles. The third-order valence-electron chi connectivity index (χ3n) is 10.5. The third-order valence-corrected chi connectivity index (χ3v) is 11.7. The molecule has 0 saturated heterocycles. The van der Waals surface area contributed by atoms with E-state index >= 15 is 0 Å². The molecule has 0 N–H and O–H groups in total. The van der Waals surface area contributed by atoms with Crippen LogP contribution in [0, 0.1) is 0 Å². The lowest BCUT2D eigenvalue weighted by atomic mass is 10.0. The lowest BCUT2D eigenvalue weighted by Gasteiger charge is -2.12. The fraction of sp³-hybridized carbons (Fsp3) is 0. The van der Waals surface area contributed by atoms with E-state index < -0.39 is 0 Å². The van der Waals surface area contributed by atoms with Gasteiger partial charge in [-0.15, -0.1) is 11.3 Å². The third kappa shape index (κ3) is 3.23. The molecule has 0 bridgehead atoms. The van der Waals surface area contributed by atoms with Crippen molar-refractivity contribution < 1.29 is 0 Å². The summed E-state index contributed by atoms with van der Waals surface area (Å²) >= 11 is 1.84. The SMILES string of the molecule is c1ccc2c(-c3cccc4c3sc3ccccc34)nc(-n3c4cccc5c6ccccc6n6c7ccccc7c7ccc3c(c54)c76)nc2c1. The van der Waals surface area contributed by atoms with Crippen molar-refractivity contribution in [3.8, 4) is 17.2 Å². The van der Waals surface area contributed by atoms with E-state index in [-0.39, 0.29) is 0 Å². The van der Waals surface area contributed by atoms with E-state index in [1.54, 1.807) is 0 Å². The highest BCUT2D eigenvalue weighted by molar-refractivity contribution is 7.26. The quantitative estimate of drug-likeness (QED) is 0.188. The summed E-state index contributed by atoms with van der Waals surface area (Å²) in [4.78, 5) is 10.8. The summed E-state index contributed by atoms with van der Waals surface area (Å²) in [6.07, 6.45) is 0. The van der Waals surface area contributed by atoms with Crippen molar-refractivity contribution in [2.24, 2.45) is 0 Å². The van der Waals surface area contributed by atoms with E-state index in [2.05, 4.69) is 155 Å². The Balaban J connectivity index is 1.27. The Morgan fingerprint density at radius 2 is 1.06 bits per heavy atom. The van der Waals surface area contributed by atoms with Crippen LogP contribution in [0.25, 0.3) is 108 Å². The second-order valence-corrected chi connectivity index (χ2v) is 14.0. The molecule has 0 unspecified atom stereocenters. The van der Waals surface area contributed by atoms with Crippen LogP contribution in [-0.4, -0.2) is 18.9 Å². The molecule has 4 nitrogen and oxygen atoms in total. The largest absolute Gasteiger partial charge is 0.308 e. The van der Waals surface area contributed by atoms with Crippen LogP contribution in [0.3, 0.4) is 0 Å². The van der Waals surface area contributed by atoms with Gasteiger partial charge >= 0.3 is 0 Å². The highest BCUT2D eigenvalue weighted by Crippen LogP contribution is 2.46. The van der Waals surface area contributed by atoms with Crippen LogP contribution in [0.2, 0.25) is 0 Å². The van der Waals surface area contributed by atoms with Gasteiger partial charge in [0.2, 0.25) is 5.95 Å². The van der Waals surface area contributed by atoms with Gasteiger partial charge in [-0.2, -0.15) is 0 Å². The summed E-state index contributed by atoms with van der Waals surface area (Å²) in [6, 6.07) is 52.6. The number of fused-ring (bicyclic) bond motifs is 10. The summed E-state index contributed by atoms with van der Waals surface area (Å²) in [6.45, 7) is 0. The maximum absolute atomic E-state index is 5.52. The van der Waals surface area contributed by atoms with Gasteiger partial charge < -0.3 is 4.40 Å². The van der Waals surface area contributed by atoms with Crippen LogP contribution >= 0.6 is 11.3 Å². The van der Waals surface area contributed by atoms with Gasteiger partial charge in [0.1, 0.15) is 0 Å². The molecule has 0 aliphatic rings. The molecule has 0 aliphatic heterocycles. The topological polar surface area (TPSA) is 35.1 Å². The number of hydrogen-bond donors (Lipinski definition) is 0. The van der Waals surface area contributed by atoms with Gasteiger partial charge in [-0.25, -0.2) is 9.97 Å². The van der Waals surface area contributed by atoms with E-state index in [4.69, 9.17) is 9.97 Å². The fourth-order valence-corrected chi connectivity index (χ4v) is 9.71. The normalized spacial score (nSPS) is 12.5. The van der Waals surface area contributed by atoms with Crippen molar-refractivity contribution in [1.29, 1.82) is 0 Å². The van der Waals surface area contributed by atoms with Crippen LogP contribution in [0.5, 0.6) is 0 Å². The number of rotatable bonds is 2. The van der Waals surface area contributed by atoms with Gasteiger partial charge in [-0.05, 0) is 41.8 Å². The number of nitrogens with zero attached hydrogens (tertiary/aromatic N) is 4. The van der Waals surface area contributed by atoms with Crippen LogP contribution in [0.1, 0.15) is 0 Å². The van der Waals surface area contributed by atoms with Crippen LogP contribution in [-0.2, 0) is 0 Å². The first-order valence-electron chi connectivity index (χ1n) is 16.6. The van der Waals surface area contributed by atoms with E-state index in [0.717, 1.165) is 33.2 Å². The molecule has 7 aromatic carbocycles. The van der Waals surface area contributed by atoms with E-state index in [1.807, 2.05) is 11.3 Å². The Kier molecular flexibility index (Phi) is 4.83. The van der Waals surface area contributed by atoms with Crippen molar-refractivity contribution in [2.45, 2.75) is 0 Å². The van der Waals surface area contributed by atoms with E-state index in [0.29, 0.717) is 5.95 Å². The molecule has 49 heavy (non-hydrogen) atoms. The summed E-state index contributed by atoms with van der Waals surface area (Å²) in [7, 11) is 0. The molecule has 5 aromatic heterocycles. The smallest absolute Gasteiger partial charge is 0.235 e. The van der Waals surface area contributed by atoms with Gasteiger partial charge in [-0.1, -0.05) is 109 Å². The monoisotopic (exact) mass is 640 g/mol. The maximum Gasteiger partial charge on any atom is 0.235 e. The first-order valence-corrected chi connectivity index (χ1v) is 17.4. The van der Waals surface area contributed by atoms with E-state index in [9.17, 15) is 0 Å². The summed E-state index contributed by atoms with van der Waals surface area (Å²) in [5, 5.41) is 11.0. The molecular formula is C44H24N4S. The Morgan fingerprint density at radius 1 is 0.429 bits per heavy atom. The van der Waals surface area contributed by atoms with Crippen LogP contribution < -0.4 is 0 Å². The molecule has 0 atom stereocenters. The number of thiophene rings is 1. The fourth-order valence-electron chi connectivity index (χ4n) is 8.49. The second kappa shape index (κ2) is 9.19. The van der Waals surface area contributed by atoms with Gasteiger partial charge in [0.25, 0.3) is 0 Å². The van der Waals surface area contributed by atoms with Crippen molar-refractivity contribution in [3.05, 3.63) is 146 Å². The summed E-state index contributed by atoms with van der Waals surface area (Å²) < 4.78 is 7.30. The summed E-state index contributed by atoms with van der Waals surface area (Å²) in [5.74, 6) is 0.680. The minimum Gasteiger partial charge on any atom is -0.308 e. The van der Waals surface area contributed by atoms with Crippen molar-refractivity contribution in [2.75, 3.05) is 0 Å². The Labute approximate surface area is 283 Å². The number of benzene rings is 7. The average Bonchev–Trinajstić information content (AvgIpc) is 3.79. The van der Waals surface area contributed by atoms with Crippen LogP contribution in [0.15, 0.2) is 146 Å². The molecule has 0 fully saturated rings. The minimum atomic E-state index is 0.680. The second-order valence-electron chi connectivity index (χ2n) is 12.9. The molecular weight excluding hydrogens is 617 g/mol. The number of hydrogen-bond acceptors (Lipinski definition) is 3. The van der Waals surface area contributed by atoms with Gasteiger partial charge in [0.05, 0.1) is 38.8 Å². The molecule has 5 heteroatoms. The average molecular weight is 641 g/mol. The number of para-hydroxylation sites is 3. The zero-order valence-electron chi connectivity index (χ0n) is 26.1. The van der Waals surface area contributed by atoms with E-state index in [1.165, 1.54) is 69.0 Å². The molecule has 12 rings (SSSR count). The summed E-state index contributed by atoms with van der Waals surface area (Å²) in [5.41, 5.74) is 8.89. The Hall–Kier alpha value is -6.30. The highest BCUT2D eigenvalue weighted by atomic mass is 32.1. The molecule has 226 valence electrons. The molecule has 0 saturated carbocycles. The van der Waals surface area contributed by atoms with Gasteiger partial charge in [-0.3, -0.25) is 4.57 Å². The minimum absolute atomic E-state index is 0.680. The zero-order chi connectivity index (χ0) is 31.8. The van der Waals surface area contributed by atoms with Gasteiger partial charge in [0, 0.05) is 58.1 Å². The lowest BCUT2D eigenvalue weighted by Crippen LogP contribution is -2.03. The van der Waals surface area contributed by atoms with Crippen molar-refractivity contribution in [1.82, 2.24) is 18.9 Å². The lowest BCUT2D eigenvalue weighted by molar-refractivity contribution is 1.01. The Bertz CT molecular complexity index is 3340. The predicted octanol–water partition coefficient (Wildman–Crippen LogP) is 11.9. The molecule has 0 amide bonds. The first-order chi connectivity index (χ1) is 24.3.